The van der Waals surface area contributed by atoms with Crippen LogP contribution >= 0.6 is 11.3 Å². The maximum absolute atomic E-state index is 12.7. The maximum atomic E-state index is 12.7. The SMILES string of the molecule is CCOC(=O)c1c(-c2ccc(C)cc2)csc1NC(=O)C[NH+]1CCCCC1C. The summed E-state index contributed by atoms with van der Waals surface area (Å²) in [5.74, 6) is -0.445. The fourth-order valence-corrected chi connectivity index (χ4v) is 4.67. The molecule has 150 valence electrons. The van der Waals surface area contributed by atoms with Gasteiger partial charge in [0.2, 0.25) is 0 Å². The Kier molecular flexibility index (Phi) is 6.86. The van der Waals surface area contributed by atoms with Crippen LogP contribution in [0.2, 0.25) is 0 Å². The number of thiophene rings is 1. The first kappa shape index (κ1) is 20.6. The molecule has 1 aliphatic rings. The summed E-state index contributed by atoms with van der Waals surface area (Å²) >= 11 is 1.38. The monoisotopic (exact) mass is 401 g/mol. The number of benzene rings is 1. The van der Waals surface area contributed by atoms with Crippen LogP contribution in [0.25, 0.3) is 11.1 Å². The Bertz CT molecular complexity index is 829. The van der Waals surface area contributed by atoms with Crippen molar-refractivity contribution in [1.82, 2.24) is 0 Å². The second kappa shape index (κ2) is 9.34. The summed E-state index contributed by atoms with van der Waals surface area (Å²) in [5.41, 5.74) is 3.35. The van der Waals surface area contributed by atoms with E-state index >= 15 is 0 Å². The van der Waals surface area contributed by atoms with E-state index in [1.807, 2.05) is 36.6 Å². The number of nitrogens with one attached hydrogen (secondary N) is 2. The number of quaternary nitrogens is 1. The molecule has 6 heteroatoms. The summed E-state index contributed by atoms with van der Waals surface area (Å²) in [7, 11) is 0. The molecule has 0 bridgehead atoms. The van der Waals surface area contributed by atoms with Gasteiger partial charge in [-0.05, 0) is 45.6 Å². The molecule has 0 aliphatic carbocycles. The van der Waals surface area contributed by atoms with Crippen molar-refractivity contribution < 1.29 is 19.2 Å². The highest BCUT2D eigenvalue weighted by molar-refractivity contribution is 7.15. The van der Waals surface area contributed by atoms with Crippen molar-refractivity contribution in [3.63, 3.8) is 0 Å². The number of hydrogen-bond donors (Lipinski definition) is 2. The van der Waals surface area contributed by atoms with Crippen LogP contribution in [-0.2, 0) is 9.53 Å². The largest absolute Gasteiger partial charge is 0.462 e. The average Bonchev–Trinajstić information content (AvgIpc) is 3.08. The molecule has 2 atom stereocenters. The number of aryl methyl sites for hydroxylation is 1. The van der Waals surface area contributed by atoms with Crippen LogP contribution in [0.3, 0.4) is 0 Å². The van der Waals surface area contributed by atoms with E-state index in [4.69, 9.17) is 4.74 Å². The van der Waals surface area contributed by atoms with E-state index in [0.29, 0.717) is 29.8 Å². The Labute approximate surface area is 170 Å². The van der Waals surface area contributed by atoms with Gasteiger partial charge in [-0.15, -0.1) is 11.3 Å². The topological polar surface area (TPSA) is 59.8 Å². The Morgan fingerprint density at radius 3 is 2.68 bits per heavy atom. The Hall–Kier alpha value is -2.18. The highest BCUT2D eigenvalue weighted by Gasteiger charge is 2.27. The van der Waals surface area contributed by atoms with E-state index in [1.165, 1.54) is 22.7 Å². The molecule has 2 aromatic rings. The van der Waals surface area contributed by atoms with E-state index < -0.39 is 5.97 Å². The molecule has 1 fully saturated rings. The number of amides is 1. The third-order valence-electron chi connectivity index (χ3n) is 5.36. The lowest BCUT2D eigenvalue weighted by Gasteiger charge is -2.29. The van der Waals surface area contributed by atoms with Gasteiger partial charge in [-0.1, -0.05) is 29.8 Å². The number of carbonyl (C=O) groups is 2. The van der Waals surface area contributed by atoms with Crippen LogP contribution in [0.1, 0.15) is 49.0 Å². The molecule has 28 heavy (non-hydrogen) atoms. The maximum Gasteiger partial charge on any atom is 0.341 e. The van der Waals surface area contributed by atoms with Gasteiger partial charge in [-0.2, -0.15) is 0 Å². The third-order valence-corrected chi connectivity index (χ3v) is 6.25. The van der Waals surface area contributed by atoms with Crippen molar-refractivity contribution in [2.24, 2.45) is 0 Å². The van der Waals surface area contributed by atoms with Gasteiger partial charge >= 0.3 is 5.97 Å². The normalized spacial score (nSPS) is 19.2. The number of rotatable bonds is 6. The highest BCUT2D eigenvalue weighted by atomic mass is 32.1. The number of esters is 1. The van der Waals surface area contributed by atoms with Gasteiger partial charge in [-0.3, -0.25) is 4.79 Å². The van der Waals surface area contributed by atoms with Gasteiger partial charge in [0, 0.05) is 10.9 Å². The molecule has 2 N–H and O–H groups in total. The minimum Gasteiger partial charge on any atom is -0.462 e. The highest BCUT2D eigenvalue weighted by Crippen LogP contribution is 2.36. The van der Waals surface area contributed by atoms with Gasteiger partial charge in [0.25, 0.3) is 5.91 Å². The first-order valence-electron chi connectivity index (χ1n) is 9.99. The van der Waals surface area contributed by atoms with Crippen molar-refractivity contribution in [2.75, 3.05) is 25.0 Å². The molecule has 1 aromatic heterocycles. The number of hydrogen-bond acceptors (Lipinski definition) is 4. The van der Waals surface area contributed by atoms with Gasteiger partial charge in [0.05, 0.1) is 19.2 Å². The zero-order chi connectivity index (χ0) is 20.1. The smallest absolute Gasteiger partial charge is 0.341 e. The molecule has 1 saturated heterocycles. The minimum atomic E-state index is -0.395. The molecule has 0 saturated carbocycles. The quantitative estimate of drug-likeness (QED) is 0.730. The average molecular weight is 402 g/mol. The summed E-state index contributed by atoms with van der Waals surface area (Å²) < 4.78 is 5.27. The van der Waals surface area contributed by atoms with Gasteiger partial charge in [0.15, 0.2) is 6.54 Å². The number of anilines is 1. The molecule has 3 rings (SSSR count). The second-order valence-electron chi connectivity index (χ2n) is 7.47. The van der Waals surface area contributed by atoms with Crippen LogP contribution in [0.4, 0.5) is 5.00 Å². The first-order chi connectivity index (χ1) is 13.5. The summed E-state index contributed by atoms with van der Waals surface area (Å²) in [6, 6.07) is 8.51. The van der Waals surface area contributed by atoms with E-state index in [0.717, 1.165) is 36.1 Å². The second-order valence-corrected chi connectivity index (χ2v) is 8.35. The van der Waals surface area contributed by atoms with E-state index in [9.17, 15) is 9.59 Å². The Morgan fingerprint density at radius 1 is 1.25 bits per heavy atom. The minimum absolute atomic E-state index is 0.0494. The Balaban J connectivity index is 1.82. The van der Waals surface area contributed by atoms with E-state index in [1.54, 1.807) is 6.92 Å². The number of carbonyl (C=O) groups excluding carboxylic acids is 2. The first-order valence-corrected chi connectivity index (χ1v) is 10.9. The van der Waals surface area contributed by atoms with Crippen molar-refractivity contribution >= 4 is 28.2 Å². The molecule has 0 spiro atoms. The van der Waals surface area contributed by atoms with Gasteiger partial charge < -0.3 is 15.0 Å². The molecule has 0 radical (unpaired) electrons. The van der Waals surface area contributed by atoms with Crippen LogP contribution in [-0.4, -0.2) is 37.6 Å². The lowest BCUT2D eigenvalue weighted by Crippen LogP contribution is -3.17. The molecular weight excluding hydrogens is 372 g/mol. The Morgan fingerprint density at radius 2 is 2.00 bits per heavy atom. The van der Waals surface area contributed by atoms with Crippen molar-refractivity contribution in [2.45, 2.75) is 46.1 Å². The van der Waals surface area contributed by atoms with E-state index in [2.05, 4.69) is 12.2 Å². The van der Waals surface area contributed by atoms with Gasteiger partial charge in [0.1, 0.15) is 10.6 Å². The number of likely N-dealkylation sites (tertiary alicyclic amines) is 1. The van der Waals surface area contributed by atoms with Crippen LogP contribution < -0.4 is 10.2 Å². The fraction of sp³-hybridized carbons (Fsp3) is 0.455. The van der Waals surface area contributed by atoms with E-state index in [-0.39, 0.29) is 5.91 Å². The predicted molar refractivity (Wildman–Crippen MR) is 113 cm³/mol. The fourth-order valence-electron chi connectivity index (χ4n) is 3.69. The molecule has 1 amide bonds. The lowest BCUT2D eigenvalue weighted by atomic mass is 10.0. The summed E-state index contributed by atoms with van der Waals surface area (Å²) in [6.07, 6.45) is 3.56. The predicted octanol–water partition coefficient (Wildman–Crippen LogP) is 3.30. The van der Waals surface area contributed by atoms with Crippen LogP contribution in [0, 0.1) is 6.92 Å². The van der Waals surface area contributed by atoms with Crippen molar-refractivity contribution in [1.29, 1.82) is 0 Å². The lowest BCUT2D eigenvalue weighted by molar-refractivity contribution is -0.920. The third kappa shape index (κ3) is 4.80. The van der Waals surface area contributed by atoms with Gasteiger partial charge in [-0.25, -0.2) is 4.79 Å². The number of piperidine rings is 1. The van der Waals surface area contributed by atoms with Crippen molar-refractivity contribution in [3.05, 3.63) is 40.8 Å². The summed E-state index contributed by atoms with van der Waals surface area (Å²) in [4.78, 5) is 26.6. The summed E-state index contributed by atoms with van der Waals surface area (Å²) in [6.45, 7) is 7.77. The molecule has 2 heterocycles. The van der Waals surface area contributed by atoms with Crippen LogP contribution in [0.5, 0.6) is 0 Å². The molecule has 2 unspecified atom stereocenters. The zero-order valence-electron chi connectivity index (χ0n) is 16.8. The summed E-state index contributed by atoms with van der Waals surface area (Å²) in [5, 5.41) is 5.47. The molecular formula is C22H29N2O3S+. The van der Waals surface area contributed by atoms with Crippen LogP contribution in [0.15, 0.2) is 29.6 Å². The standard InChI is InChI=1S/C22H28N2O3S/c1-4-27-22(26)20-18(17-10-8-15(2)9-11-17)14-28-21(20)23-19(25)13-24-12-6-5-7-16(24)3/h8-11,14,16H,4-7,12-13H2,1-3H3,(H,23,25)/p+1. The van der Waals surface area contributed by atoms with Crippen molar-refractivity contribution in [3.8, 4) is 11.1 Å². The molecule has 1 aromatic carbocycles. The molecule has 5 nitrogen and oxygen atoms in total. The molecule has 1 aliphatic heterocycles. The zero-order valence-corrected chi connectivity index (χ0v) is 17.7. The number of ether oxygens (including phenoxy) is 1.